The Balaban J connectivity index is 2.16. The van der Waals surface area contributed by atoms with Crippen molar-refractivity contribution in [3.8, 4) is 0 Å². The number of para-hydroxylation sites is 1. The number of anilines is 1. The van der Waals surface area contributed by atoms with E-state index in [-0.39, 0.29) is 5.69 Å². The summed E-state index contributed by atoms with van der Waals surface area (Å²) in [6.07, 6.45) is -4.10. The van der Waals surface area contributed by atoms with Gasteiger partial charge in [0.25, 0.3) is 0 Å². The number of hydrogen-bond donors (Lipinski definition) is 2. The lowest BCUT2D eigenvalue weighted by molar-refractivity contribution is -0.137. The fourth-order valence-electron chi connectivity index (χ4n) is 2.86. The van der Waals surface area contributed by atoms with Gasteiger partial charge < -0.3 is 10.1 Å². The van der Waals surface area contributed by atoms with Crippen molar-refractivity contribution in [3.05, 3.63) is 29.3 Å². The molecule has 2 aliphatic heterocycles. The highest BCUT2D eigenvalue weighted by atomic mass is 19.4. The van der Waals surface area contributed by atoms with Gasteiger partial charge in [0.05, 0.1) is 11.3 Å². The van der Waals surface area contributed by atoms with E-state index < -0.39 is 23.4 Å². The summed E-state index contributed by atoms with van der Waals surface area (Å²) >= 11 is 0. The molecular formula is C13H13F3N2O2. The second kappa shape index (κ2) is 4.37. The Labute approximate surface area is 113 Å². The molecule has 1 spiro atoms. The van der Waals surface area contributed by atoms with Gasteiger partial charge in [0.2, 0.25) is 0 Å². The Morgan fingerprint density at radius 3 is 2.75 bits per heavy atom. The molecule has 1 amide bonds. The topological polar surface area (TPSA) is 50.4 Å². The van der Waals surface area contributed by atoms with E-state index in [0.29, 0.717) is 18.5 Å². The molecule has 1 saturated heterocycles. The van der Waals surface area contributed by atoms with Gasteiger partial charge in [-0.1, -0.05) is 12.1 Å². The van der Waals surface area contributed by atoms with Crippen molar-refractivity contribution in [2.75, 3.05) is 18.4 Å². The van der Waals surface area contributed by atoms with E-state index in [9.17, 15) is 18.0 Å². The fraction of sp³-hybridized carbons (Fsp3) is 0.462. The molecule has 0 aromatic heterocycles. The van der Waals surface area contributed by atoms with Gasteiger partial charge in [-0.25, -0.2) is 4.79 Å². The Hall–Kier alpha value is -1.76. The molecule has 1 unspecified atom stereocenters. The molecule has 1 aromatic carbocycles. The molecule has 20 heavy (non-hydrogen) atoms. The average Bonchev–Trinajstić information content (AvgIpc) is 2.37. The Kier molecular flexibility index (Phi) is 2.89. The van der Waals surface area contributed by atoms with Crippen LogP contribution in [0.15, 0.2) is 18.2 Å². The van der Waals surface area contributed by atoms with Crippen LogP contribution >= 0.6 is 0 Å². The number of carbonyl (C=O) groups excluding carboxylic acids is 1. The van der Waals surface area contributed by atoms with Crippen LogP contribution in [0.5, 0.6) is 0 Å². The van der Waals surface area contributed by atoms with Gasteiger partial charge in [-0.3, -0.25) is 5.32 Å². The molecule has 0 radical (unpaired) electrons. The number of nitrogens with one attached hydrogen (secondary N) is 2. The lowest BCUT2D eigenvalue weighted by Crippen LogP contribution is -2.50. The third-order valence-corrected chi connectivity index (χ3v) is 3.72. The number of alkyl halides is 3. The van der Waals surface area contributed by atoms with Gasteiger partial charge in [0.1, 0.15) is 0 Å². The van der Waals surface area contributed by atoms with Crippen LogP contribution in [0, 0.1) is 0 Å². The number of benzene rings is 1. The highest BCUT2D eigenvalue weighted by Gasteiger charge is 2.46. The lowest BCUT2D eigenvalue weighted by Gasteiger charge is -2.41. The third kappa shape index (κ3) is 2.02. The third-order valence-electron chi connectivity index (χ3n) is 3.72. The van der Waals surface area contributed by atoms with E-state index in [0.717, 1.165) is 19.0 Å². The summed E-state index contributed by atoms with van der Waals surface area (Å²) in [5, 5.41) is 5.28. The van der Waals surface area contributed by atoms with Gasteiger partial charge in [0, 0.05) is 12.1 Å². The van der Waals surface area contributed by atoms with Crippen LogP contribution in [0.2, 0.25) is 0 Å². The van der Waals surface area contributed by atoms with Gasteiger partial charge in [-0.15, -0.1) is 0 Å². The molecule has 3 rings (SSSR count). The molecule has 1 aromatic rings. The summed E-state index contributed by atoms with van der Waals surface area (Å²) in [4.78, 5) is 11.6. The molecule has 2 aliphatic rings. The smallest absolute Gasteiger partial charge is 0.418 e. The highest BCUT2D eigenvalue weighted by molar-refractivity contribution is 5.90. The standard InChI is InChI=1S/C13H13F3N2O2/c14-13(15,16)9-4-1-3-8-10(9)18-11(19)20-12(8)5-2-6-17-7-12/h1,3-4,17H,2,5-7H2,(H,18,19). The second-order valence-corrected chi connectivity index (χ2v) is 5.02. The van der Waals surface area contributed by atoms with Crippen LogP contribution in [-0.4, -0.2) is 19.2 Å². The zero-order valence-electron chi connectivity index (χ0n) is 10.5. The predicted octanol–water partition coefficient (Wildman–Crippen LogP) is 2.85. The molecule has 7 heteroatoms. The Bertz CT molecular complexity index is 551. The summed E-state index contributed by atoms with van der Waals surface area (Å²) in [7, 11) is 0. The molecule has 0 bridgehead atoms. The highest BCUT2D eigenvalue weighted by Crippen LogP contribution is 2.45. The first-order chi connectivity index (χ1) is 9.42. The van der Waals surface area contributed by atoms with Crippen molar-refractivity contribution in [2.45, 2.75) is 24.6 Å². The van der Waals surface area contributed by atoms with E-state index in [2.05, 4.69) is 10.6 Å². The summed E-state index contributed by atoms with van der Waals surface area (Å²) in [6, 6.07) is 3.89. The molecule has 1 fully saturated rings. The van der Waals surface area contributed by atoms with E-state index in [1.807, 2.05) is 0 Å². The molecule has 4 nitrogen and oxygen atoms in total. The maximum Gasteiger partial charge on any atom is 0.418 e. The van der Waals surface area contributed by atoms with Gasteiger partial charge in [-0.2, -0.15) is 13.2 Å². The normalized spacial score (nSPS) is 25.9. The van der Waals surface area contributed by atoms with Gasteiger partial charge in [0.15, 0.2) is 5.60 Å². The average molecular weight is 286 g/mol. The summed E-state index contributed by atoms with van der Waals surface area (Å²) in [5.41, 5.74) is -1.63. The maximum atomic E-state index is 13.1. The van der Waals surface area contributed by atoms with Crippen molar-refractivity contribution >= 4 is 11.8 Å². The van der Waals surface area contributed by atoms with E-state index in [1.165, 1.54) is 6.07 Å². The SMILES string of the molecule is O=C1Nc2c(C(F)(F)F)cccc2C2(CCCNC2)O1. The van der Waals surface area contributed by atoms with Crippen molar-refractivity contribution in [2.24, 2.45) is 0 Å². The molecule has 108 valence electrons. The van der Waals surface area contributed by atoms with Crippen LogP contribution in [0.1, 0.15) is 24.0 Å². The summed E-state index contributed by atoms with van der Waals surface area (Å²) in [5.74, 6) is 0. The number of piperidine rings is 1. The first kappa shape index (κ1) is 13.2. The minimum absolute atomic E-state index is 0.181. The van der Waals surface area contributed by atoms with Crippen molar-refractivity contribution in [3.63, 3.8) is 0 Å². The molecule has 2 N–H and O–H groups in total. The number of halogens is 3. The molecule has 2 heterocycles. The first-order valence-electron chi connectivity index (χ1n) is 6.34. The number of carbonyl (C=O) groups is 1. The molecular weight excluding hydrogens is 273 g/mol. The van der Waals surface area contributed by atoms with Crippen LogP contribution in [0.25, 0.3) is 0 Å². The second-order valence-electron chi connectivity index (χ2n) is 5.02. The molecule has 0 saturated carbocycles. The van der Waals surface area contributed by atoms with Crippen molar-refractivity contribution in [1.29, 1.82) is 0 Å². The predicted molar refractivity (Wildman–Crippen MR) is 65.3 cm³/mol. The number of hydrogen-bond acceptors (Lipinski definition) is 3. The van der Waals surface area contributed by atoms with E-state index >= 15 is 0 Å². The zero-order chi connectivity index (χ0) is 14.4. The van der Waals surface area contributed by atoms with E-state index in [4.69, 9.17) is 4.74 Å². The molecule has 1 atom stereocenters. The largest absolute Gasteiger partial charge is 0.436 e. The zero-order valence-corrected chi connectivity index (χ0v) is 10.5. The maximum absolute atomic E-state index is 13.1. The van der Waals surface area contributed by atoms with Crippen LogP contribution in [0.3, 0.4) is 0 Å². The minimum atomic E-state index is -4.51. The lowest BCUT2D eigenvalue weighted by atomic mass is 9.83. The van der Waals surface area contributed by atoms with Crippen LogP contribution < -0.4 is 10.6 Å². The first-order valence-corrected chi connectivity index (χ1v) is 6.34. The van der Waals surface area contributed by atoms with Gasteiger partial charge >= 0.3 is 12.3 Å². The summed E-state index contributed by atoms with van der Waals surface area (Å²) < 4.78 is 44.5. The van der Waals surface area contributed by atoms with Gasteiger partial charge in [-0.05, 0) is 25.5 Å². The van der Waals surface area contributed by atoms with Crippen LogP contribution in [-0.2, 0) is 16.5 Å². The number of amides is 1. The van der Waals surface area contributed by atoms with E-state index in [1.54, 1.807) is 6.07 Å². The molecule has 0 aliphatic carbocycles. The minimum Gasteiger partial charge on any atom is -0.436 e. The number of ether oxygens (including phenoxy) is 1. The van der Waals surface area contributed by atoms with Crippen molar-refractivity contribution in [1.82, 2.24) is 5.32 Å². The quantitative estimate of drug-likeness (QED) is 0.771. The van der Waals surface area contributed by atoms with Crippen LogP contribution in [0.4, 0.5) is 23.7 Å². The summed E-state index contributed by atoms with van der Waals surface area (Å²) in [6.45, 7) is 1.09. The Morgan fingerprint density at radius 2 is 2.10 bits per heavy atom. The monoisotopic (exact) mass is 286 g/mol. The number of rotatable bonds is 0. The fourth-order valence-corrected chi connectivity index (χ4v) is 2.86. The Morgan fingerprint density at radius 1 is 1.30 bits per heavy atom. The number of fused-ring (bicyclic) bond motifs is 2. The van der Waals surface area contributed by atoms with Crippen molar-refractivity contribution < 1.29 is 22.7 Å².